The number of fused-ring (bicyclic) bond motifs is 1. The first kappa shape index (κ1) is 14.2. The average Bonchev–Trinajstić information content (AvgIpc) is 2.89. The van der Waals surface area contributed by atoms with Gasteiger partial charge < -0.3 is 14.9 Å². The summed E-state index contributed by atoms with van der Waals surface area (Å²) in [7, 11) is 1.51. The summed E-state index contributed by atoms with van der Waals surface area (Å²) in [5, 5.41) is 0. The quantitative estimate of drug-likeness (QED) is 0.736. The Balaban J connectivity index is 2.07. The van der Waals surface area contributed by atoms with Gasteiger partial charge in [-0.1, -0.05) is 0 Å². The van der Waals surface area contributed by atoms with Crippen LogP contribution in [0.25, 0.3) is 16.9 Å². The average molecular weight is 307 g/mol. The molecule has 0 saturated heterocycles. The van der Waals surface area contributed by atoms with E-state index in [1.165, 1.54) is 23.8 Å². The Kier molecular flexibility index (Phi) is 3.20. The van der Waals surface area contributed by atoms with Crippen molar-refractivity contribution >= 4 is 11.3 Å². The first-order valence-corrected chi connectivity index (χ1v) is 6.38. The van der Waals surface area contributed by atoms with Crippen molar-refractivity contribution in [3.05, 3.63) is 48.3 Å². The lowest BCUT2D eigenvalue weighted by molar-refractivity contribution is -0.137. The Morgan fingerprint density at radius 1 is 1.14 bits per heavy atom. The first-order chi connectivity index (χ1) is 10.4. The van der Waals surface area contributed by atoms with E-state index in [-0.39, 0.29) is 0 Å². The number of aromatic nitrogens is 2. The predicted octanol–water partition coefficient (Wildman–Crippen LogP) is 3.61. The number of nitrogens with two attached hydrogens (primary N) is 1. The minimum absolute atomic E-state index is 0.428. The SMILES string of the molecule is COc1ccc(-c2cn3cc(C(F)(F)F)ccc3n2)cc1N. The minimum Gasteiger partial charge on any atom is -0.495 e. The molecule has 0 saturated carbocycles. The number of rotatable bonds is 2. The van der Waals surface area contributed by atoms with Gasteiger partial charge in [0, 0.05) is 18.0 Å². The van der Waals surface area contributed by atoms with Gasteiger partial charge in [0.15, 0.2) is 0 Å². The van der Waals surface area contributed by atoms with Crippen LogP contribution in [0.1, 0.15) is 5.56 Å². The van der Waals surface area contributed by atoms with Gasteiger partial charge in [-0.05, 0) is 30.3 Å². The molecule has 3 rings (SSSR count). The summed E-state index contributed by atoms with van der Waals surface area (Å²) in [4.78, 5) is 4.30. The first-order valence-electron chi connectivity index (χ1n) is 6.38. The molecule has 0 aliphatic heterocycles. The second kappa shape index (κ2) is 4.94. The van der Waals surface area contributed by atoms with Gasteiger partial charge in [-0.25, -0.2) is 4.98 Å². The number of methoxy groups -OCH3 is 1. The molecule has 0 aliphatic rings. The molecule has 0 bridgehead atoms. The van der Waals surface area contributed by atoms with Crippen LogP contribution in [0.3, 0.4) is 0 Å². The third kappa shape index (κ3) is 2.45. The number of ether oxygens (including phenoxy) is 1. The number of hydrogen-bond donors (Lipinski definition) is 1. The maximum Gasteiger partial charge on any atom is 0.417 e. The number of nitrogens with zero attached hydrogens (tertiary/aromatic N) is 2. The van der Waals surface area contributed by atoms with Crippen LogP contribution >= 0.6 is 0 Å². The van der Waals surface area contributed by atoms with Crippen LogP contribution in [0.2, 0.25) is 0 Å². The predicted molar refractivity (Wildman–Crippen MR) is 76.6 cm³/mol. The maximum absolute atomic E-state index is 12.7. The van der Waals surface area contributed by atoms with Crippen LogP contribution in [0.4, 0.5) is 18.9 Å². The van der Waals surface area contributed by atoms with Crippen LogP contribution < -0.4 is 10.5 Å². The smallest absolute Gasteiger partial charge is 0.417 e. The van der Waals surface area contributed by atoms with Crippen molar-refractivity contribution < 1.29 is 17.9 Å². The normalized spacial score (nSPS) is 11.8. The highest BCUT2D eigenvalue weighted by molar-refractivity contribution is 5.69. The number of nitrogen functional groups attached to an aromatic ring is 1. The van der Waals surface area contributed by atoms with Gasteiger partial charge in [-0.3, -0.25) is 0 Å². The van der Waals surface area contributed by atoms with Crippen molar-refractivity contribution in [2.75, 3.05) is 12.8 Å². The second-order valence-corrected chi connectivity index (χ2v) is 4.76. The lowest BCUT2D eigenvalue weighted by atomic mass is 10.1. The zero-order valence-corrected chi connectivity index (χ0v) is 11.6. The molecule has 1 aromatic carbocycles. The van der Waals surface area contributed by atoms with E-state index in [1.807, 2.05) is 0 Å². The molecule has 0 spiro atoms. The van der Waals surface area contributed by atoms with Crippen LogP contribution in [-0.4, -0.2) is 16.5 Å². The molecule has 4 nitrogen and oxygen atoms in total. The van der Waals surface area contributed by atoms with Gasteiger partial charge in [0.2, 0.25) is 0 Å². The van der Waals surface area contributed by atoms with E-state index in [0.717, 1.165) is 12.3 Å². The molecule has 0 atom stereocenters. The number of benzene rings is 1. The molecule has 2 N–H and O–H groups in total. The van der Waals surface area contributed by atoms with Crippen molar-refractivity contribution in [3.63, 3.8) is 0 Å². The van der Waals surface area contributed by atoms with Gasteiger partial charge in [-0.2, -0.15) is 13.2 Å². The summed E-state index contributed by atoms with van der Waals surface area (Å²) in [6.45, 7) is 0. The largest absolute Gasteiger partial charge is 0.495 e. The fraction of sp³-hybridized carbons (Fsp3) is 0.133. The highest BCUT2D eigenvalue weighted by atomic mass is 19.4. The van der Waals surface area contributed by atoms with Gasteiger partial charge in [0.25, 0.3) is 0 Å². The lowest BCUT2D eigenvalue weighted by Gasteiger charge is -2.06. The van der Waals surface area contributed by atoms with E-state index in [0.29, 0.717) is 28.3 Å². The molecule has 0 unspecified atom stereocenters. The van der Waals surface area contributed by atoms with Gasteiger partial charge in [0.1, 0.15) is 11.4 Å². The summed E-state index contributed by atoms with van der Waals surface area (Å²) in [5.74, 6) is 0.534. The highest BCUT2D eigenvalue weighted by Gasteiger charge is 2.30. The molecular formula is C15H12F3N3O. The number of alkyl halides is 3. The molecule has 0 amide bonds. The van der Waals surface area contributed by atoms with Crippen LogP contribution in [0.5, 0.6) is 5.75 Å². The Labute approximate surface area is 124 Å². The Morgan fingerprint density at radius 3 is 2.55 bits per heavy atom. The van der Waals surface area contributed by atoms with E-state index in [9.17, 15) is 13.2 Å². The maximum atomic E-state index is 12.7. The Morgan fingerprint density at radius 2 is 1.91 bits per heavy atom. The van der Waals surface area contributed by atoms with E-state index >= 15 is 0 Å². The van der Waals surface area contributed by atoms with Gasteiger partial charge in [0.05, 0.1) is 24.1 Å². The molecular weight excluding hydrogens is 295 g/mol. The minimum atomic E-state index is -4.39. The Hall–Kier alpha value is -2.70. The van der Waals surface area contributed by atoms with Crippen molar-refractivity contribution in [2.24, 2.45) is 0 Å². The van der Waals surface area contributed by atoms with Crippen LogP contribution in [0, 0.1) is 0 Å². The molecule has 2 aromatic heterocycles. The second-order valence-electron chi connectivity index (χ2n) is 4.76. The van der Waals surface area contributed by atoms with Crippen molar-refractivity contribution in [1.82, 2.24) is 9.38 Å². The van der Waals surface area contributed by atoms with Crippen LogP contribution in [0.15, 0.2) is 42.7 Å². The molecule has 7 heteroatoms. The van der Waals surface area contributed by atoms with Gasteiger partial charge >= 0.3 is 6.18 Å². The summed E-state index contributed by atoms with van der Waals surface area (Å²) in [6.07, 6.45) is -1.84. The van der Waals surface area contributed by atoms with Crippen molar-refractivity contribution in [1.29, 1.82) is 0 Å². The van der Waals surface area contributed by atoms with Crippen LogP contribution in [-0.2, 0) is 6.18 Å². The molecule has 0 radical (unpaired) electrons. The zero-order chi connectivity index (χ0) is 15.9. The third-order valence-electron chi connectivity index (χ3n) is 3.30. The standard InChI is InChI=1S/C15H12F3N3O/c1-22-13-4-2-9(6-11(13)19)12-8-21-7-10(15(16,17)18)3-5-14(21)20-12/h2-8H,19H2,1H3. The van der Waals surface area contributed by atoms with E-state index < -0.39 is 11.7 Å². The molecule has 114 valence electrons. The monoisotopic (exact) mass is 307 g/mol. The zero-order valence-electron chi connectivity index (χ0n) is 11.6. The topological polar surface area (TPSA) is 52.5 Å². The highest BCUT2D eigenvalue weighted by Crippen LogP contribution is 2.31. The van der Waals surface area contributed by atoms with Crippen molar-refractivity contribution in [2.45, 2.75) is 6.18 Å². The number of halogens is 3. The summed E-state index contributed by atoms with van der Waals surface area (Å²) >= 11 is 0. The van der Waals surface area contributed by atoms with E-state index in [1.54, 1.807) is 18.2 Å². The number of hydrogen-bond acceptors (Lipinski definition) is 3. The Bertz CT molecular complexity index is 840. The fourth-order valence-corrected chi connectivity index (χ4v) is 2.19. The van der Waals surface area contributed by atoms with E-state index in [2.05, 4.69) is 4.98 Å². The number of imidazole rings is 1. The third-order valence-corrected chi connectivity index (χ3v) is 3.30. The summed E-state index contributed by atoms with van der Waals surface area (Å²) in [6, 6.07) is 7.45. The molecule has 0 fully saturated rings. The number of anilines is 1. The summed E-state index contributed by atoms with van der Waals surface area (Å²) < 4.78 is 44.6. The molecule has 0 aliphatic carbocycles. The summed E-state index contributed by atoms with van der Waals surface area (Å²) in [5.41, 5.74) is 7.22. The van der Waals surface area contributed by atoms with Crippen molar-refractivity contribution in [3.8, 4) is 17.0 Å². The molecule has 3 aromatic rings. The van der Waals surface area contributed by atoms with E-state index in [4.69, 9.17) is 10.5 Å². The lowest BCUT2D eigenvalue weighted by Crippen LogP contribution is -2.05. The fourth-order valence-electron chi connectivity index (χ4n) is 2.19. The molecule has 22 heavy (non-hydrogen) atoms. The van der Waals surface area contributed by atoms with Gasteiger partial charge in [-0.15, -0.1) is 0 Å². The molecule has 2 heterocycles. The number of pyridine rings is 1.